The molecule has 0 saturated carbocycles. The first-order valence-corrected chi connectivity index (χ1v) is 10.1. The molecule has 115 valence electrons. The Labute approximate surface area is 143 Å². The van der Waals surface area contributed by atoms with Crippen molar-refractivity contribution >= 4 is 25.4 Å². The Bertz CT molecular complexity index is 515. The molecule has 1 heterocycles. The summed E-state index contributed by atoms with van der Waals surface area (Å²) in [4.78, 5) is 5.26. The van der Waals surface area contributed by atoms with Gasteiger partial charge >= 0.3 is 76.3 Å². The van der Waals surface area contributed by atoms with Crippen molar-refractivity contribution in [2.45, 2.75) is 24.3 Å². The van der Waals surface area contributed by atoms with Gasteiger partial charge in [-0.2, -0.15) is 0 Å². The van der Waals surface area contributed by atoms with Crippen molar-refractivity contribution in [1.29, 1.82) is 0 Å². The second-order valence-corrected chi connectivity index (χ2v) is 7.76. The number of aliphatic hydroxyl groups is 1. The molecule has 1 aromatic heterocycles. The van der Waals surface area contributed by atoms with Crippen LogP contribution in [0.4, 0.5) is 0 Å². The minimum atomic E-state index is -0.818. The van der Waals surface area contributed by atoms with E-state index in [1.165, 1.54) is 4.90 Å². The molecule has 0 aliphatic heterocycles. The topological polar surface area (TPSA) is 33.1 Å². The molecular weight excluding hydrogens is 391 g/mol. The van der Waals surface area contributed by atoms with Crippen molar-refractivity contribution in [3.63, 3.8) is 0 Å². The third-order valence-corrected chi connectivity index (χ3v) is 5.13. The summed E-state index contributed by atoms with van der Waals surface area (Å²) < 4.78 is 2.06. The quantitative estimate of drug-likeness (QED) is 0.458. The number of hydrogen-bond donors (Lipinski definition) is 1. The zero-order valence-corrected chi connectivity index (χ0v) is 15.6. The van der Waals surface area contributed by atoms with Crippen molar-refractivity contribution in [2.24, 2.45) is 0 Å². The van der Waals surface area contributed by atoms with Crippen LogP contribution < -0.4 is 0 Å². The molecule has 0 spiro atoms. The average molecular weight is 411 g/mol. The molecule has 0 amide bonds. The Morgan fingerprint density at radius 2 is 1.76 bits per heavy atom. The SMILES string of the molecule is CC(C)(O)c1ccccn1.[CH3+].[Cl][Ru]=[CH]Sc1ccccc1. The fourth-order valence-electron chi connectivity index (χ4n) is 1.29. The van der Waals surface area contributed by atoms with E-state index in [2.05, 4.69) is 21.1 Å². The van der Waals surface area contributed by atoms with E-state index in [4.69, 9.17) is 9.69 Å². The zero-order valence-electron chi connectivity index (χ0n) is 12.3. The van der Waals surface area contributed by atoms with Gasteiger partial charge in [-0.15, -0.1) is 0 Å². The number of nitrogens with zero attached hydrogens (tertiary/aromatic N) is 1. The molecule has 2 aromatic rings. The van der Waals surface area contributed by atoms with Gasteiger partial charge in [0.2, 0.25) is 0 Å². The summed E-state index contributed by atoms with van der Waals surface area (Å²) in [5.41, 5.74) is -0.114. The second-order valence-electron chi connectivity index (χ2n) is 4.37. The first-order valence-electron chi connectivity index (χ1n) is 5.93. The molecule has 0 aliphatic rings. The van der Waals surface area contributed by atoms with Crippen LogP contribution in [0.5, 0.6) is 0 Å². The van der Waals surface area contributed by atoms with Crippen molar-refractivity contribution in [3.05, 3.63) is 67.8 Å². The summed E-state index contributed by atoms with van der Waals surface area (Å²) in [5, 5.41) is 9.43. The first-order chi connectivity index (χ1) is 9.54. The predicted molar refractivity (Wildman–Crippen MR) is 90.1 cm³/mol. The van der Waals surface area contributed by atoms with Crippen LogP contribution in [0.1, 0.15) is 19.5 Å². The van der Waals surface area contributed by atoms with E-state index in [0.29, 0.717) is 5.69 Å². The van der Waals surface area contributed by atoms with E-state index in [9.17, 15) is 5.11 Å². The summed E-state index contributed by atoms with van der Waals surface area (Å²) in [6, 6.07) is 15.7. The van der Waals surface area contributed by atoms with Gasteiger partial charge in [0, 0.05) is 13.6 Å². The molecular formula is C16H20ClNORuS+. The Balaban J connectivity index is 0.000000364. The van der Waals surface area contributed by atoms with Crippen LogP contribution in [-0.4, -0.2) is 14.0 Å². The number of hydrogen-bond acceptors (Lipinski definition) is 3. The van der Waals surface area contributed by atoms with Crippen LogP contribution in [0, 0.1) is 7.43 Å². The van der Waals surface area contributed by atoms with E-state index in [1.807, 2.05) is 30.3 Å². The number of benzene rings is 1. The van der Waals surface area contributed by atoms with Gasteiger partial charge in [-0.05, 0) is 26.0 Å². The average Bonchev–Trinajstić information content (AvgIpc) is 2.47. The fourth-order valence-corrected chi connectivity index (χ4v) is 3.23. The zero-order chi connectivity index (χ0) is 14.8. The van der Waals surface area contributed by atoms with Gasteiger partial charge < -0.3 is 5.11 Å². The van der Waals surface area contributed by atoms with Gasteiger partial charge in [0.05, 0.1) is 5.69 Å². The molecule has 2 rings (SSSR count). The van der Waals surface area contributed by atoms with Crippen molar-refractivity contribution in [1.82, 2.24) is 4.98 Å². The van der Waals surface area contributed by atoms with Gasteiger partial charge in [0.15, 0.2) is 0 Å². The maximum absolute atomic E-state index is 9.43. The predicted octanol–water partition coefficient (Wildman–Crippen LogP) is 4.53. The number of aromatic nitrogens is 1. The van der Waals surface area contributed by atoms with E-state index < -0.39 is 5.60 Å². The molecule has 5 heteroatoms. The van der Waals surface area contributed by atoms with Crippen LogP contribution in [0.15, 0.2) is 59.6 Å². The molecule has 1 N–H and O–H groups in total. The summed E-state index contributed by atoms with van der Waals surface area (Å²) in [7, 11) is 5.57. The normalized spacial score (nSPS) is 10.9. The first kappa shape index (κ1) is 20.3. The molecule has 0 fully saturated rings. The Morgan fingerprint density at radius 1 is 1.14 bits per heavy atom. The van der Waals surface area contributed by atoms with Crippen molar-refractivity contribution in [2.75, 3.05) is 0 Å². The number of halogens is 1. The molecule has 2 nitrogen and oxygen atoms in total. The van der Waals surface area contributed by atoms with Crippen LogP contribution in [0.3, 0.4) is 0 Å². The third-order valence-electron chi connectivity index (χ3n) is 2.24. The van der Waals surface area contributed by atoms with E-state index in [0.717, 1.165) is 0 Å². The fraction of sp³-hybridized carbons (Fsp3) is 0.188. The summed E-state index contributed by atoms with van der Waals surface area (Å²) >= 11 is 1.64. The summed E-state index contributed by atoms with van der Waals surface area (Å²) in [5.74, 6) is 0. The van der Waals surface area contributed by atoms with E-state index >= 15 is 0 Å². The Morgan fingerprint density at radius 3 is 2.19 bits per heavy atom. The van der Waals surface area contributed by atoms with Gasteiger partial charge in [-0.3, -0.25) is 4.98 Å². The molecule has 0 unspecified atom stereocenters. The van der Waals surface area contributed by atoms with Gasteiger partial charge in [-0.25, -0.2) is 0 Å². The summed E-state index contributed by atoms with van der Waals surface area (Å²) in [6.45, 7) is 3.44. The Hall–Kier alpha value is -0.667. The molecule has 1 aromatic carbocycles. The van der Waals surface area contributed by atoms with E-state index in [-0.39, 0.29) is 23.1 Å². The maximum atomic E-state index is 9.43. The minimum absolute atomic E-state index is 0. The standard InChI is InChI=1S/C8H11NO.C7H6S.CH3.ClH.Ru/c1-8(2,10)7-5-3-4-6-9-7;1-8-7-5-3-2-4-6-7;;;/h3-6,10H,1-2H3;1-6H;1H3;1H;/q;;+1;;+1/p-1. The van der Waals surface area contributed by atoms with Gasteiger partial charge in [0.25, 0.3) is 0 Å². The molecule has 0 radical (unpaired) electrons. The van der Waals surface area contributed by atoms with E-state index in [1.54, 1.807) is 37.9 Å². The van der Waals surface area contributed by atoms with Gasteiger partial charge in [-0.1, -0.05) is 6.07 Å². The number of rotatable bonds is 3. The van der Waals surface area contributed by atoms with Crippen LogP contribution in [0.2, 0.25) is 0 Å². The van der Waals surface area contributed by atoms with Crippen LogP contribution >= 0.6 is 21.5 Å². The summed E-state index contributed by atoms with van der Waals surface area (Å²) in [6.07, 6.45) is 1.67. The molecule has 0 saturated heterocycles. The van der Waals surface area contributed by atoms with Crippen LogP contribution in [0.25, 0.3) is 0 Å². The Kier molecular flexibility index (Phi) is 10.6. The van der Waals surface area contributed by atoms with Crippen molar-refractivity contribution in [3.8, 4) is 0 Å². The number of thioether (sulfide) groups is 1. The monoisotopic (exact) mass is 411 g/mol. The molecule has 21 heavy (non-hydrogen) atoms. The molecule has 0 aliphatic carbocycles. The molecule has 0 atom stereocenters. The van der Waals surface area contributed by atoms with Crippen molar-refractivity contribution < 1.29 is 20.8 Å². The van der Waals surface area contributed by atoms with Crippen LogP contribution in [-0.2, 0) is 21.3 Å². The number of pyridine rings is 1. The molecule has 0 bridgehead atoms. The second kappa shape index (κ2) is 11.0. The third kappa shape index (κ3) is 9.05. The van der Waals surface area contributed by atoms with Gasteiger partial charge in [0.1, 0.15) is 5.60 Å².